The van der Waals surface area contributed by atoms with Gasteiger partial charge in [0, 0.05) is 0 Å². The van der Waals surface area contributed by atoms with E-state index in [0.717, 1.165) is 12.8 Å². The van der Waals surface area contributed by atoms with Crippen LogP contribution in [0.15, 0.2) is 96.6 Å². The first kappa shape index (κ1) is 34.9. The molecule has 0 fully saturated rings. The van der Waals surface area contributed by atoms with Crippen molar-refractivity contribution < 1.29 is 15.6 Å². The van der Waals surface area contributed by atoms with Gasteiger partial charge in [0.25, 0.3) is 0 Å². The Bertz CT molecular complexity index is 1870. The SMILES string of the molecule is CCCC1=Cc2c(-c3ccc(C(C)(C)C)cc3)cccc2[CH]1[Zr]([Cl])([Cl])([CH]1C=Cc2c(-c3ccc(C(C)(C)C)cc3)cccc21)[SiH](C)C. The predicted molar refractivity (Wildman–Crippen MR) is 209 cm³/mol. The minimum atomic E-state index is -4.72. The molecule has 47 heavy (non-hydrogen) atoms. The molecule has 0 radical (unpaired) electrons. The summed E-state index contributed by atoms with van der Waals surface area (Å²) in [6, 6.07) is 32.0. The minimum absolute atomic E-state index is 0.0844. The average molecular weight is 758 g/mol. The van der Waals surface area contributed by atoms with Crippen LogP contribution in [-0.2, 0) is 26.4 Å². The molecule has 0 aliphatic heterocycles. The van der Waals surface area contributed by atoms with Gasteiger partial charge in [-0.1, -0.05) is 0 Å². The molecule has 0 saturated heterocycles. The van der Waals surface area contributed by atoms with E-state index >= 15 is 0 Å². The maximum atomic E-state index is 8.51. The number of hydrogen-bond acceptors (Lipinski definition) is 0. The van der Waals surface area contributed by atoms with Crippen LogP contribution in [0.1, 0.15) is 102 Å². The van der Waals surface area contributed by atoms with E-state index < -0.39 is 21.5 Å². The topological polar surface area (TPSA) is 0 Å². The van der Waals surface area contributed by atoms with Gasteiger partial charge >= 0.3 is 295 Å². The average Bonchev–Trinajstić information content (AvgIpc) is 3.63. The van der Waals surface area contributed by atoms with Crippen molar-refractivity contribution in [1.29, 1.82) is 0 Å². The number of allylic oxidation sites excluding steroid dienone is 2. The first-order valence-electron chi connectivity index (χ1n) is 17.5. The zero-order valence-corrected chi connectivity index (χ0v) is 34.8. The fourth-order valence-electron chi connectivity index (χ4n) is 8.11. The third-order valence-electron chi connectivity index (χ3n) is 11.0. The molecular formula is C43H51Cl2SiZr. The molecule has 0 heterocycles. The van der Waals surface area contributed by atoms with Gasteiger partial charge < -0.3 is 0 Å². The number of fused-ring (bicyclic) bond motifs is 2. The quantitative estimate of drug-likeness (QED) is 0.165. The molecular weight excluding hydrogens is 707 g/mol. The molecule has 0 bridgehead atoms. The monoisotopic (exact) mass is 755 g/mol. The summed E-state index contributed by atoms with van der Waals surface area (Å²) in [5.41, 5.74) is 14.8. The van der Waals surface area contributed by atoms with Crippen LogP contribution in [0.4, 0.5) is 0 Å². The van der Waals surface area contributed by atoms with E-state index in [4.69, 9.17) is 17.0 Å². The molecule has 4 aromatic rings. The van der Waals surface area contributed by atoms with Crippen molar-refractivity contribution in [3.63, 3.8) is 0 Å². The van der Waals surface area contributed by atoms with Gasteiger partial charge in [-0.3, -0.25) is 0 Å². The Kier molecular flexibility index (Phi) is 9.22. The molecule has 0 N–H and O–H groups in total. The number of halogens is 2. The summed E-state index contributed by atoms with van der Waals surface area (Å²) >= 11 is -4.72. The molecule has 2 atom stereocenters. The normalized spacial score (nSPS) is 18.6. The van der Waals surface area contributed by atoms with Crippen molar-refractivity contribution in [3.05, 3.63) is 130 Å². The van der Waals surface area contributed by atoms with Gasteiger partial charge in [-0.15, -0.1) is 0 Å². The molecule has 4 heteroatoms. The summed E-state index contributed by atoms with van der Waals surface area (Å²) in [6.45, 7) is 20.8. The molecule has 2 aliphatic rings. The molecule has 6 rings (SSSR count). The summed E-state index contributed by atoms with van der Waals surface area (Å²) in [5, 5.41) is 0. The third-order valence-corrected chi connectivity index (χ3v) is 63.0. The van der Waals surface area contributed by atoms with E-state index in [0.29, 0.717) is 0 Å². The van der Waals surface area contributed by atoms with E-state index in [1.807, 2.05) is 0 Å². The summed E-state index contributed by atoms with van der Waals surface area (Å²) in [6.07, 6.45) is 9.34. The van der Waals surface area contributed by atoms with Gasteiger partial charge in [-0.25, -0.2) is 0 Å². The van der Waals surface area contributed by atoms with Crippen molar-refractivity contribution in [2.75, 3.05) is 0 Å². The maximum absolute atomic E-state index is 8.51. The molecule has 0 saturated carbocycles. The fourth-order valence-corrected chi connectivity index (χ4v) is 37.5. The van der Waals surface area contributed by atoms with E-state index in [2.05, 4.69) is 165 Å². The predicted octanol–water partition coefficient (Wildman–Crippen LogP) is 13.6. The van der Waals surface area contributed by atoms with Crippen LogP contribution in [0.2, 0.25) is 13.1 Å². The van der Waals surface area contributed by atoms with Crippen LogP contribution < -0.4 is 0 Å². The Hall–Kier alpha value is -1.96. The van der Waals surface area contributed by atoms with Crippen LogP contribution in [0, 0.1) is 0 Å². The Morgan fingerprint density at radius 1 is 0.660 bits per heavy atom. The molecule has 4 aromatic carbocycles. The van der Waals surface area contributed by atoms with Gasteiger partial charge in [0.1, 0.15) is 0 Å². The van der Waals surface area contributed by atoms with E-state index in [9.17, 15) is 0 Å². The molecule has 0 aromatic heterocycles. The van der Waals surface area contributed by atoms with Crippen molar-refractivity contribution in [3.8, 4) is 22.3 Å². The van der Waals surface area contributed by atoms with Crippen LogP contribution in [0.3, 0.4) is 0 Å². The van der Waals surface area contributed by atoms with Crippen LogP contribution in [0.25, 0.3) is 34.4 Å². The molecule has 0 amide bonds. The molecule has 245 valence electrons. The van der Waals surface area contributed by atoms with E-state index in [1.54, 1.807) is 0 Å². The van der Waals surface area contributed by atoms with Crippen LogP contribution >= 0.6 is 17.0 Å². The van der Waals surface area contributed by atoms with Crippen LogP contribution in [-0.4, -0.2) is 5.92 Å². The van der Waals surface area contributed by atoms with Crippen molar-refractivity contribution in [2.45, 2.75) is 92.5 Å². The third kappa shape index (κ3) is 5.98. The van der Waals surface area contributed by atoms with Gasteiger partial charge in [-0.05, 0) is 0 Å². The van der Waals surface area contributed by atoms with Crippen LogP contribution in [0.5, 0.6) is 0 Å². The summed E-state index contributed by atoms with van der Waals surface area (Å²) in [4.78, 5) is 0. The van der Waals surface area contributed by atoms with Crippen molar-refractivity contribution in [2.24, 2.45) is 0 Å². The van der Waals surface area contributed by atoms with Gasteiger partial charge in [0.2, 0.25) is 0 Å². The molecule has 2 unspecified atom stereocenters. The summed E-state index contributed by atoms with van der Waals surface area (Å²) in [7, 11) is 17.0. The molecule has 0 spiro atoms. The second-order valence-electron chi connectivity index (χ2n) is 16.4. The summed E-state index contributed by atoms with van der Waals surface area (Å²) in [5.74, 6) is -1.59. The van der Waals surface area contributed by atoms with Gasteiger partial charge in [0.15, 0.2) is 0 Å². The Labute approximate surface area is 293 Å². The van der Waals surface area contributed by atoms with E-state index in [-0.39, 0.29) is 18.1 Å². The molecule has 0 nitrogen and oxygen atoms in total. The number of rotatable bonds is 7. The first-order valence-corrected chi connectivity index (χ1v) is 33.8. The number of hydrogen-bond donors (Lipinski definition) is 0. The fraction of sp³-hybridized carbons (Fsp3) is 0.349. The second kappa shape index (κ2) is 12.4. The Morgan fingerprint density at radius 3 is 1.62 bits per heavy atom. The van der Waals surface area contributed by atoms with Crippen molar-refractivity contribution in [1.82, 2.24) is 0 Å². The Morgan fingerprint density at radius 2 is 1.15 bits per heavy atom. The van der Waals surface area contributed by atoms with E-state index in [1.165, 1.54) is 61.2 Å². The summed E-state index contributed by atoms with van der Waals surface area (Å²) < 4.78 is 0.201. The number of benzene rings is 4. The first-order chi connectivity index (χ1) is 22.0. The molecule has 2 aliphatic carbocycles. The van der Waals surface area contributed by atoms with Gasteiger partial charge in [-0.2, -0.15) is 0 Å². The Balaban J connectivity index is 1.48. The van der Waals surface area contributed by atoms with Crippen molar-refractivity contribution >= 4 is 35.1 Å². The second-order valence-corrected chi connectivity index (χ2v) is 59.0. The van der Waals surface area contributed by atoms with Gasteiger partial charge in [0.05, 0.1) is 0 Å². The zero-order valence-electron chi connectivity index (χ0n) is 29.7. The zero-order chi connectivity index (χ0) is 34.0. The standard InChI is InChI=1S/C22H25.C19H19.C2H7Si.2ClH.Zr/c1-5-7-16-14-18-8-6-9-20(21(18)15-16)17-10-12-19(13-11-17)22(2,3)4;1-19(2,3)16-12-10-15(11-13-16)18-9-5-7-14-6-4-8-17(14)18;1-3-2;;;/h6,8-15H,5,7H2,1-4H3;4-13H,1-3H3;3H,1-2H3;2*1H;/q;;;;;+2/p-2.